The normalized spacial score (nSPS) is 15.5. The quantitative estimate of drug-likeness (QED) is 0.362. The first kappa shape index (κ1) is 17.1. The summed E-state index contributed by atoms with van der Waals surface area (Å²) in [6.07, 6.45) is 6.86. The summed E-state index contributed by atoms with van der Waals surface area (Å²) in [6, 6.07) is 5.59. The summed E-state index contributed by atoms with van der Waals surface area (Å²) in [5, 5.41) is 8.95. The Balaban J connectivity index is 2.21. The van der Waals surface area contributed by atoms with Crippen molar-refractivity contribution in [2.24, 2.45) is 5.92 Å². The van der Waals surface area contributed by atoms with Crippen LogP contribution in [0.5, 0.6) is 5.75 Å². The topological polar surface area (TPSA) is 66.8 Å². The zero-order valence-corrected chi connectivity index (χ0v) is 13.6. The Morgan fingerprint density at radius 3 is 2.65 bits per heavy atom. The van der Waals surface area contributed by atoms with E-state index in [1.165, 1.54) is 38.9 Å². The van der Waals surface area contributed by atoms with Gasteiger partial charge in [0, 0.05) is 30.9 Å². The van der Waals surface area contributed by atoms with Gasteiger partial charge in [0.25, 0.3) is 0 Å². The number of nitrogens with zero attached hydrogens (tertiary/aromatic N) is 1. The highest BCUT2D eigenvalue weighted by Crippen LogP contribution is 2.30. The summed E-state index contributed by atoms with van der Waals surface area (Å²) in [5.41, 5.74) is 1.30. The lowest BCUT2D eigenvalue weighted by atomic mass is 10.1. The van der Waals surface area contributed by atoms with E-state index in [1.807, 2.05) is 12.1 Å². The smallest absolute Gasteiger partial charge is 0.339 e. The van der Waals surface area contributed by atoms with E-state index in [9.17, 15) is 9.59 Å². The fraction of sp³-hybridized carbons (Fsp3) is 0.444. The Kier molecular flexibility index (Phi) is 5.79. The van der Waals surface area contributed by atoms with Crippen molar-refractivity contribution in [2.45, 2.75) is 25.7 Å². The molecule has 0 amide bonds. The van der Waals surface area contributed by atoms with Crippen molar-refractivity contribution >= 4 is 24.0 Å². The number of hydrogen-bond donors (Lipinski definition) is 1. The predicted molar refractivity (Wildman–Crippen MR) is 89.9 cm³/mol. The van der Waals surface area contributed by atoms with E-state index in [1.54, 1.807) is 6.07 Å². The number of aliphatic carboxylic acids is 1. The van der Waals surface area contributed by atoms with Gasteiger partial charge in [-0.3, -0.25) is 4.79 Å². The Morgan fingerprint density at radius 1 is 1.39 bits per heavy atom. The highest BCUT2D eigenvalue weighted by Gasteiger charge is 2.17. The first-order valence-electron chi connectivity index (χ1n) is 7.84. The van der Waals surface area contributed by atoms with Crippen LogP contribution in [0.1, 0.15) is 31.2 Å². The molecule has 5 heteroatoms. The Bertz CT molecular complexity index is 603. The minimum atomic E-state index is -1.25. The monoisotopic (exact) mass is 317 g/mol. The lowest BCUT2D eigenvalue weighted by molar-refractivity contribution is -0.133. The van der Waals surface area contributed by atoms with Crippen LogP contribution in [0.15, 0.2) is 23.8 Å². The van der Waals surface area contributed by atoms with E-state index in [0.29, 0.717) is 17.6 Å². The highest BCUT2D eigenvalue weighted by atomic mass is 16.5. The van der Waals surface area contributed by atoms with Crippen molar-refractivity contribution < 1.29 is 19.4 Å². The summed E-state index contributed by atoms with van der Waals surface area (Å²) in [4.78, 5) is 24.0. The van der Waals surface area contributed by atoms with E-state index in [0.717, 1.165) is 18.2 Å². The third kappa shape index (κ3) is 4.34. The number of rotatable bonds is 7. The molecule has 23 heavy (non-hydrogen) atoms. The van der Waals surface area contributed by atoms with Crippen LogP contribution in [0, 0.1) is 5.92 Å². The first-order valence-corrected chi connectivity index (χ1v) is 7.84. The van der Waals surface area contributed by atoms with Crippen molar-refractivity contribution in [3.63, 3.8) is 0 Å². The van der Waals surface area contributed by atoms with Crippen molar-refractivity contribution in [3.05, 3.63) is 29.3 Å². The van der Waals surface area contributed by atoms with Gasteiger partial charge in [-0.25, -0.2) is 4.79 Å². The number of methoxy groups -OCH3 is 1. The molecule has 124 valence electrons. The minimum absolute atomic E-state index is 0.296. The second kappa shape index (κ2) is 7.81. The van der Waals surface area contributed by atoms with Gasteiger partial charge >= 0.3 is 5.97 Å². The Hall–Kier alpha value is -2.30. The molecule has 5 nitrogen and oxygen atoms in total. The molecule has 0 unspecified atom stereocenters. The molecule has 2 rings (SSSR count). The average molecular weight is 317 g/mol. The molecule has 0 aliphatic heterocycles. The van der Waals surface area contributed by atoms with Crippen molar-refractivity contribution in [1.82, 2.24) is 0 Å². The van der Waals surface area contributed by atoms with Crippen molar-refractivity contribution in [3.8, 4) is 5.75 Å². The second-order valence-corrected chi connectivity index (χ2v) is 5.98. The molecule has 0 atom stereocenters. The first-order chi connectivity index (χ1) is 11.0. The van der Waals surface area contributed by atoms with Gasteiger partial charge in [-0.2, -0.15) is 0 Å². The molecule has 1 aromatic carbocycles. The summed E-state index contributed by atoms with van der Waals surface area (Å²) in [7, 11) is 3.59. The second-order valence-electron chi connectivity index (χ2n) is 5.98. The van der Waals surface area contributed by atoms with Crippen LogP contribution in [0.25, 0.3) is 6.08 Å². The van der Waals surface area contributed by atoms with Crippen molar-refractivity contribution in [2.75, 3.05) is 25.6 Å². The summed E-state index contributed by atoms with van der Waals surface area (Å²) >= 11 is 0. The number of hydrogen-bond acceptors (Lipinski definition) is 4. The summed E-state index contributed by atoms with van der Waals surface area (Å²) in [6.45, 7) is 1.01. The van der Waals surface area contributed by atoms with E-state index in [4.69, 9.17) is 9.84 Å². The molecule has 1 fully saturated rings. The Labute approximate surface area is 136 Å². The van der Waals surface area contributed by atoms with Crippen LogP contribution in [-0.4, -0.2) is 38.1 Å². The molecule has 0 radical (unpaired) electrons. The molecule has 1 N–H and O–H groups in total. The van der Waals surface area contributed by atoms with Gasteiger partial charge in [-0.15, -0.1) is 0 Å². The number of anilines is 1. The highest BCUT2D eigenvalue weighted by molar-refractivity contribution is 6.11. The molecule has 1 aliphatic rings. The average Bonchev–Trinajstić information content (AvgIpc) is 3.05. The SMILES string of the molecule is COc1cc(N(C)CC2CCCC2)ccc1/C=C(\C=O)C(=O)O. The van der Waals surface area contributed by atoms with Crippen molar-refractivity contribution in [1.29, 1.82) is 0 Å². The van der Waals surface area contributed by atoms with Crippen LogP contribution in [0.3, 0.4) is 0 Å². The molecule has 0 heterocycles. The van der Waals surface area contributed by atoms with E-state index >= 15 is 0 Å². The number of carboxylic acid groups (broad SMARTS) is 1. The third-order valence-electron chi connectivity index (χ3n) is 4.35. The van der Waals surface area contributed by atoms with Gasteiger partial charge in [0.05, 0.1) is 12.7 Å². The lowest BCUT2D eigenvalue weighted by Gasteiger charge is -2.24. The van der Waals surface area contributed by atoms with Crippen LogP contribution >= 0.6 is 0 Å². The van der Waals surface area contributed by atoms with Crippen LogP contribution in [-0.2, 0) is 9.59 Å². The zero-order chi connectivity index (χ0) is 16.8. The molecule has 0 aromatic heterocycles. The van der Waals surface area contributed by atoms with Gasteiger partial charge in [0.2, 0.25) is 0 Å². The maximum absolute atomic E-state index is 11.0. The maximum Gasteiger partial charge on any atom is 0.339 e. The molecule has 1 saturated carbocycles. The largest absolute Gasteiger partial charge is 0.496 e. The molecule has 1 aromatic rings. The molecular weight excluding hydrogens is 294 g/mol. The number of ether oxygens (including phenoxy) is 1. The van der Waals surface area contributed by atoms with Crippen LogP contribution in [0.2, 0.25) is 0 Å². The van der Waals surface area contributed by atoms with E-state index < -0.39 is 5.97 Å². The molecule has 1 aliphatic carbocycles. The van der Waals surface area contributed by atoms with Gasteiger partial charge in [-0.05, 0) is 37.0 Å². The minimum Gasteiger partial charge on any atom is -0.496 e. The predicted octanol–water partition coefficient (Wildman–Crippen LogP) is 2.99. The molecular formula is C18H23NO4. The summed E-state index contributed by atoms with van der Waals surface area (Å²) < 4.78 is 5.35. The van der Waals surface area contributed by atoms with Gasteiger partial charge in [-0.1, -0.05) is 12.8 Å². The van der Waals surface area contributed by atoms with Gasteiger partial charge in [0.15, 0.2) is 6.29 Å². The Morgan fingerprint density at radius 2 is 2.09 bits per heavy atom. The van der Waals surface area contributed by atoms with E-state index in [-0.39, 0.29) is 5.57 Å². The number of carboxylic acids is 1. The van der Waals surface area contributed by atoms with Gasteiger partial charge < -0.3 is 14.7 Å². The van der Waals surface area contributed by atoms with Gasteiger partial charge in [0.1, 0.15) is 5.75 Å². The number of benzene rings is 1. The number of carbonyl (C=O) groups excluding carboxylic acids is 1. The number of carbonyl (C=O) groups is 2. The summed E-state index contributed by atoms with van der Waals surface area (Å²) in [5.74, 6) is 0.0464. The van der Waals surface area contributed by atoms with Crippen LogP contribution in [0.4, 0.5) is 5.69 Å². The molecule has 0 saturated heterocycles. The fourth-order valence-corrected chi connectivity index (χ4v) is 3.06. The fourth-order valence-electron chi connectivity index (χ4n) is 3.06. The standard InChI is InChI=1S/C18H23NO4/c1-19(11-13-5-3-4-6-13)16-8-7-14(17(10-16)23-2)9-15(12-20)18(21)22/h7-10,12-13H,3-6,11H2,1-2H3,(H,21,22)/b15-9+. The molecule has 0 spiro atoms. The molecule has 0 bridgehead atoms. The van der Waals surface area contributed by atoms with Crippen LogP contribution < -0.4 is 9.64 Å². The maximum atomic E-state index is 11.0. The van der Waals surface area contributed by atoms with E-state index in [2.05, 4.69) is 11.9 Å². The zero-order valence-electron chi connectivity index (χ0n) is 13.6. The third-order valence-corrected chi connectivity index (χ3v) is 4.35. The lowest BCUT2D eigenvalue weighted by Crippen LogP contribution is -2.23. The number of aldehydes is 1.